The van der Waals surface area contributed by atoms with Gasteiger partial charge in [-0.3, -0.25) is 9.59 Å². The molecule has 0 fully saturated rings. The zero-order valence-corrected chi connectivity index (χ0v) is 17.3. The predicted octanol–water partition coefficient (Wildman–Crippen LogP) is 3.08. The fraction of sp³-hybridized carbons (Fsp3) is 0.261. The van der Waals surface area contributed by atoms with Gasteiger partial charge in [0, 0.05) is 31.9 Å². The average Bonchev–Trinajstić information content (AvgIpc) is 2.68. The van der Waals surface area contributed by atoms with Crippen molar-refractivity contribution in [2.75, 3.05) is 21.1 Å². The number of H-pyrrole nitrogens is 1. The Morgan fingerprint density at radius 3 is 2.31 bits per heavy atom. The van der Waals surface area contributed by atoms with Crippen molar-refractivity contribution >= 4 is 5.91 Å². The van der Waals surface area contributed by atoms with E-state index in [0.717, 1.165) is 28.8 Å². The summed E-state index contributed by atoms with van der Waals surface area (Å²) >= 11 is 0. The number of carbonyl (C=O) groups is 1. The Bertz CT molecular complexity index is 1070. The van der Waals surface area contributed by atoms with E-state index in [2.05, 4.69) is 20.9 Å². The Morgan fingerprint density at radius 2 is 1.69 bits per heavy atom. The zero-order chi connectivity index (χ0) is 21.0. The lowest BCUT2D eigenvalue weighted by molar-refractivity contribution is 0.0782. The van der Waals surface area contributed by atoms with Crippen LogP contribution < -0.4 is 5.56 Å². The van der Waals surface area contributed by atoms with E-state index < -0.39 is 5.56 Å². The summed E-state index contributed by atoms with van der Waals surface area (Å²) in [6.45, 7) is 3.18. The van der Waals surface area contributed by atoms with E-state index in [1.54, 1.807) is 11.9 Å². The van der Waals surface area contributed by atoms with Crippen LogP contribution in [0.4, 0.5) is 0 Å². The van der Waals surface area contributed by atoms with Crippen molar-refractivity contribution < 1.29 is 4.79 Å². The minimum absolute atomic E-state index is 0.0361. The summed E-state index contributed by atoms with van der Waals surface area (Å²) in [6.07, 6.45) is 1.36. The van der Waals surface area contributed by atoms with Crippen molar-refractivity contribution in [3.05, 3.63) is 87.3 Å². The molecular weight excluding hydrogens is 364 g/mol. The Balaban J connectivity index is 1.81. The van der Waals surface area contributed by atoms with Crippen LogP contribution in [0.1, 0.15) is 27.0 Å². The number of aryl methyl sites for hydroxylation is 1. The van der Waals surface area contributed by atoms with Crippen molar-refractivity contribution in [2.45, 2.75) is 20.0 Å². The molecule has 1 heterocycles. The van der Waals surface area contributed by atoms with Gasteiger partial charge < -0.3 is 14.8 Å². The van der Waals surface area contributed by atoms with E-state index >= 15 is 0 Å². The van der Waals surface area contributed by atoms with Gasteiger partial charge in [0.15, 0.2) is 0 Å². The third kappa shape index (κ3) is 4.97. The highest BCUT2D eigenvalue weighted by Crippen LogP contribution is 2.16. The number of aromatic nitrogens is 2. The molecule has 0 bridgehead atoms. The molecule has 0 radical (unpaired) electrons. The number of hydrogen-bond acceptors (Lipinski definition) is 4. The van der Waals surface area contributed by atoms with Gasteiger partial charge >= 0.3 is 0 Å². The molecule has 3 aromatic rings. The van der Waals surface area contributed by atoms with Crippen LogP contribution in [0.2, 0.25) is 0 Å². The summed E-state index contributed by atoms with van der Waals surface area (Å²) < 4.78 is 0. The van der Waals surface area contributed by atoms with E-state index in [1.165, 1.54) is 6.20 Å². The van der Waals surface area contributed by atoms with Gasteiger partial charge in [0.2, 0.25) is 0 Å². The number of nitrogens with zero attached hydrogens (tertiary/aromatic N) is 3. The molecule has 0 aliphatic heterocycles. The van der Waals surface area contributed by atoms with Crippen LogP contribution in [-0.2, 0) is 13.1 Å². The molecule has 1 aromatic heterocycles. The summed E-state index contributed by atoms with van der Waals surface area (Å²) in [5.41, 5.74) is 3.69. The minimum atomic E-state index is -0.435. The third-order valence-corrected chi connectivity index (χ3v) is 4.68. The monoisotopic (exact) mass is 390 g/mol. The van der Waals surface area contributed by atoms with E-state index in [4.69, 9.17) is 0 Å². The lowest BCUT2D eigenvalue weighted by Crippen LogP contribution is -2.32. The zero-order valence-electron chi connectivity index (χ0n) is 17.3. The molecule has 0 unspecified atom stereocenters. The molecule has 3 rings (SSSR count). The van der Waals surface area contributed by atoms with Crippen molar-refractivity contribution in [2.24, 2.45) is 0 Å². The molecule has 150 valence electrons. The quantitative estimate of drug-likeness (QED) is 0.702. The average molecular weight is 390 g/mol. The van der Waals surface area contributed by atoms with Gasteiger partial charge in [0.25, 0.3) is 11.5 Å². The normalized spacial score (nSPS) is 10.9. The second kappa shape index (κ2) is 8.84. The number of aromatic amines is 1. The molecular formula is C23H26N4O2. The first-order valence-corrected chi connectivity index (χ1v) is 9.48. The molecule has 6 nitrogen and oxygen atoms in total. The van der Waals surface area contributed by atoms with Gasteiger partial charge in [0.1, 0.15) is 11.4 Å². The van der Waals surface area contributed by atoms with Crippen molar-refractivity contribution in [1.29, 1.82) is 0 Å². The van der Waals surface area contributed by atoms with Crippen molar-refractivity contribution in [1.82, 2.24) is 19.8 Å². The smallest absolute Gasteiger partial charge is 0.264 e. The fourth-order valence-electron chi connectivity index (χ4n) is 3.23. The van der Waals surface area contributed by atoms with E-state index in [-0.39, 0.29) is 11.5 Å². The van der Waals surface area contributed by atoms with Gasteiger partial charge in [0.05, 0.1) is 0 Å². The number of amides is 1. The molecule has 29 heavy (non-hydrogen) atoms. The number of carbonyl (C=O) groups excluding carboxylic acids is 1. The maximum atomic E-state index is 12.9. The summed E-state index contributed by atoms with van der Waals surface area (Å²) in [4.78, 5) is 36.1. The molecule has 0 spiro atoms. The summed E-state index contributed by atoms with van der Waals surface area (Å²) in [5, 5.41) is 0. The Hall–Kier alpha value is -3.25. The predicted molar refractivity (Wildman–Crippen MR) is 115 cm³/mol. The van der Waals surface area contributed by atoms with Gasteiger partial charge in [-0.15, -0.1) is 0 Å². The second-order valence-corrected chi connectivity index (χ2v) is 7.51. The van der Waals surface area contributed by atoms with E-state index in [9.17, 15) is 9.59 Å². The maximum absolute atomic E-state index is 12.9. The van der Waals surface area contributed by atoms with Crippen LogP contribution in [0.3, 0.4) is 0 Å². The lowest BCUT2D eigenvalue weighted by Gasteiger charge is -2.20. The van der Waals surface area contributed by atoms with Crippen LogP contribution in [0.5, 0.6) is 0 Å². The molecule has 1 amide bonds. The topological polar surface area (TPSA) is 69.3 Å². The largest absolute Gasteiger partial charge is 0.337 e. The van der Waals surface area contributed by atoms with Crippen molar-refractivity contribution in [3.8, 4) is 11.4 Å². The summed E-state index contributed by atoms with van der Waals surface area (Å²) in [7, 11) is 5.71. The Morgan fingerprint density at radius 1 is 1.00 bits per heavy atom. The summed E-state index contributed by atoms with van der Waals surface area (Å²) in [5.74, 6) is 0.100. The van der Waals surface area contributed by atoms with Crippen LogP contribution in [0.15, 0.2) is 59.5 Å². The number of rotatable bonds is 6. The number of nitrogens with one attached hydrogen (secondary N) is 1. The highest BCUT2D eigenvalue weighted by atomic mass is 16.2. The van der Waals surface area contributed by atoms with E-state index in [0.29, 0.717) is 12.4 Å². The van der Waals surface area contributed by atoms with Gasteiger partial charge in [-0.2, -0.15) is 0 Å². The molecule has 6 heteroatoms. The molecule has 0 aliphatic rings. The van der Waals surface area contributed by atoms with Crippen molar-refractivity contribution in [3.63, 3.8) is 0 Å². The molecule has 0 aliphatic carbocycles. The van der Waals surface area contributed by atoms with Gasteiger partial charge in [-0.25, -0.2) is 4.98 Å². The van der Waals surface area contributed by atoms with Crippen LogP contribution >= 0.6 is 0 Å². The Labute approximate surface area is 170 Å². The first kappa shape index (κ1) is 20.5. The fourth-order valence-corrected chi connectivity index (χ4v) is 3.23. The maximum Gasteiger partial charge on any atom is 0.264 e. The van der Waals surface area contributed by atoms with Crippen LogP contribution in [0, 0.1) is 6.92 Å². The number of benzene rings is 2. The van der Waals surface area contributed by atoms with Gasteiger partial charge in [-0.05, 0) is 38.2 Å². The standard InChI is InChI=1S/C23H26N4O2/c1-16-8-7-11-17(12-16)21-24-13-20(22(28)25-21)23(29)27(4)15-19-10-6-5-9-18(19)14-26(2)3/h5-13H,14-15H2,1-4H3,(H,24,25,28). The van der Waals surface area contributed by atoms with E-state index in [1.807, 2.05) is 63.5 Å². The minimum Gasteiger partial charge on any atom is -0.337 e. The summed E-state index contributed by atoms with van der Waals surface area (Å²) in [6, 6.07) is 15.7. The molecule has 0 saturated carbocycles. The highest BCUT2D eigenvalue weighted by molar-refractivity contribution is 5.93. The van der Waals surface area contributed by atoms with Crippen LogP contribution in [0.25, 0.3) is 11.4 Å². The molecule has 0 saturated heterocycles. The number of hydrogen-bond donors (Lipinski definition) is 1. The molecule has 1 N–H and O–H groups in total. The highest BCUT2D eigenvalue weighted by Gasteiger charge is 2.18. The first-order valence-electron chi connectivity index (χ1n) is 9.48. The third-order valence-electron chi connectivity index (χ3n) is 4.68. The second-order valence-electron chi connectivity index (χ2n) is 7.51. The molecule has 0 atom stereocenters. The SMILES string of the molecule is Cc1cccc(-c2ncc(C(=O)N(C)Cc3ccccc3CN(C)C)c(=O)[nH]2)c1. The Kier molecular flexibility index (Phi) is 6.24. The lowest BCUT2D eigenvalue weighted by atomic mass is 10.1. The van der Waals surface area contributed by atoms with Crippen LogP contribution in [-0.4, -0.2) is 46.8 Å². The molecule has 2 aromatic carbocycles. The van der Waals surface area contributed by atoms with Gasteiger partial charge in [-0.1, -0.05) is 48.0 Å². The first-order chi connectivity index (χ1) is 13.8.